The zero-order valence-corrected chi connectivity index (χ0v) is 9.30. The van der Waals surface area contributed by atoms with E-state index < -0.39 is 5.97 Å². The number of aromatic nitrogens is 2. The minimum absolute atomic E-state index is 0.0667. The summed E-state index contributed by atoms with van der Waals surface area (Å²) >= 11 is 0. The number of rotatable bonds is 6. The van der Waals surface area contributed by atoms with Gasteiger partial charge in [0.15, 0.2) is 5.69 Å². The number of ether oxygens (including phenoxy) is 1. The molecule has 0 saturated carbocycles. The summed E-state index contributed by atoms with van der Waals surface area (Å²) < 4.78 is 5.22. The molecule has 1 atom stereocenters. The second-order valence-corrected chi connectivity index (χ2v) is 3.30. The Bertz CT molecular complexity index is 340. The highest BCUT2D eigenvalue weighted by Crippen LogP contribution is 2.03. The molecule has 0 radical (unpaired) electrons. The van der Waals surface area contributed by atoms with E-state index in [9.17, 15) is 4.79 Å². The molecular weight excluding hydrogens is 210 g/mol. The lowest BCUT2D eigenvalue weighted by Crippen LogP contribution is -2.22. The van der Waals surface area contributed by atoms with E-state index >= 15 is 0 Å². The molecule has 0 spiro atoms. The highest BCUT2D eigenvalue weighted by Gasteiger charge is 2.06. The highest BCUT2D eigenvalue weighted by molar-refractivity contribution is 5.84. The van der Waals surface area contributed by atoms with Crippen molar-refractivity contribution >= 4 is 11.8 Å². The summed E-state index contributed by atoms with van der Waals surface area (Å²) in [6, 6.07) is 0.102. The van der Waals surface area contributed by atoms with E-state index in [0.717, 1.165) is 0 Å². The zero-order chi connectivity index (χ0) is 12.0. The lowest BCUT2D eigenvalue weighted by molar-refractivity contribution is 0.0690. The molecule has 16 heavy (non-hydrogen) atoms. The summed E-state index contributed by atoms with van der Waals surface area (Å²) in [5.41, 5.74) is -0.0667. The maximum absolute atomic E-state index is 10.5. The Balaban J connectivity index is 2.51. The second kappa shape index (κ2) is 6.02. The molecule has 1 heterocycles. The van der Waals surface area contributed by atoms with Crippen molar-refractivity contribution in [1.82, 2.24) is 9.97 Å². The summed E-state index contributed by atoms with van der Waals surface area (Å²) in [6.07, 6.45) is 2.62. The zero-order valence-electron chi connectivity index (χ0n) is 9.30. The monoisotopic (exact) mass is 225 g/mol. The maximum atomic E-state index is 10.5. The minimum Gasteiger partial charge on any atom is -0.476 e. The van der Waals surface area contributed by atoms with Gasteiger partial charge in [0.1, 0.15) is 5.82 Å². The molecule has 0 aliphatic carbocycles. The van der Waals surface area contributed by atoms with Crippen LogP contribution in [0.15, 0.2) is 12.4 Å². The molecule has 0 aliphatic rings. The van der Waals surface area contributed by atoms with Crippen molar-refractivity contribution in [1.29, 1.82) is 0 Å². The van der Waals surface area contributed by atoms with Crippen molar-refractivity contribution in [3.8, 4) is 0 Å². The molecule has 2 N–H and O–H groups in total. The van der Waals surface area contributed by atoms with Crippen LogP contribution in [-0.2, 0) is 4.74 Å². The van der Waals surface area contributed by atoms with Gasteiger partial charge in [-0.2, -0.15) is 0 Å². The van der Waals surface area contributed by atoms with Crippen LogP contribution in [0.2, 0.25) is 0 Å². The van der Waals surface area contributed by atoms with Gasteiger partial charge in [-0.25, -0.2) is 14.8 Å². The molecule has 0 fully saturated rings. The molecular formula is C10H15N3O3. The van der Waals surface area contributed by atoms with Gasteiger partial charge in [-0.3, -0.25) is 0 Å². The second-order valence-electron chi connectivity index (χ2n) is 3.30. The largest absolute Gasteiger partial charge is 0.476 e. The van der Waals surface area contributed by atoms with Crippen LogP contribution < -0.4 is 5.32 Å². The molecule has 6 nitrogen and oxygen atoms in total. The average Bonchev–Trinajstić information content (AvgIpc) is 2.27. The summed E-state index contributed by atoms with van der Waals surface area (Å²) in [5, 5.41) is 11.7. The number of anilines is 1. The minimum atomic E-state index is -1.08. The fourth-order valence-electron chi connectivity index (χ4n) is 1.10. The van der Waals surface area contributed by atoms with Crippen molar-refractivity contribution in [2.75, 3.05) is 18.5 Å². The van der Waals surface area contributed by atoms with Crippen molar-refractivity contribution in [3.63, 3.8) is 0 Å². The van der Waals surface area contributed by atoms with Crippen LogP contribution >= 0.6 is 0 Å². The van der Waals surface area contributed by atoms with Crippen molar-refractivity contribution in [3.05, 3.63) is 18.1 Å². The van der Waals surface area contributed by atoms with E-state index in [1.54, 1.807) is 0 Å². The van der Waals surface area contributed by atoms with E-state index in [0.29, 0.717) is 19.0 Å². The van der Waals surface area contributed by atoms with E-state index in [2.05, 4.69) is 15.3 Å². The van der Waals surface area contributed by atoms with Gasteiger partial charge in [0.2, 0.25) is 0 Å². The number of aromatic carboxylic acids is 1. The number of carboxylic acids is 1. The lowest BCUT2D eigenvalue weighted by atomic mass is 10.3. The first-order valence-electron chi connectivity index (χ1n) is 5.03. The van der Waals surface area contributed by atoms with Gasteiger partial charge in [0.05, 0.1) is 19.0 Å². The average molecular weight is 225 g/mol. The Labute approximate surface area is 93.7 Å². The Morgan fingerprint density at radius 2 is 2.31 bits per heavy atom. The van der Waals surface area contributed by atoms with E-state index in [4.69, 9.17) is 9.84 Å². The van der Waals surface area contributed by atoms with Gasteiger partial charge in [-0.05, 0) is 13.8 Å². The number of hydrogen-bond donors (Lipinski definition) is 2. The third-order valence-corrected chi connectivity index (χ3v) is 1.84. The molecule has 6 heteroatoms. The summed E-state index contributed by atoms with van der Waals surface area (Å²) in [4.78, 5) is 18.2. The van der Waals surface area contributed by atoms with Crippen molar-refractivity contribution in [2.45, 2.75) is 19.9 Å². The fourth-order valence-corrected chi connectivity index (χ4v) is 1.10. The SMILES string of the molecule is CCOC[C@@H](C)Nc1cnc(C(=O)O)cn1. The number of hydrogen-bond acceptors (Lipinski definition) is 5. The predicted octanol–water partition coefficient (Wildman–Crippen LogP) is 1.01. The number of nitrogens with zero attached hydrogens (tertiary/aromatic N) is 2. The first kappa shape index (κ1) is 12.4. The predicted molar refractivity (Wildman–Crippen MR) is 58.6 cm³/mol. The van der Waals surface area contributed by atoms with Crippen LogP contribution in [0.5, 0.6) is 0 Å². The summed E-state index contributed by atoms with van der Waals surface area (Å²) in [5.74, 6) is -0.543. The number of carbonyl (C=O) groups is 1. The molecule has 0 bridgehead atoms. The molecule has 0 saturated heterocycles. The molecule has 1 aromatic rings. The van der Waals surface area contributed by atoms with Crippen LogP contribution in [0, 0.1) is 0 Å². The van der Waals surface area contributed by atoms with E-state index in [-0.39, 0.29) is 11.7 Å². The normalized spacial score (nSPS) is 12.1. The van der Waals surface area contributed by atoms with E-state index in [1.807, 2.05) is 13.8 Å². The van der Waals surface area contributed by atoms with Crippen LogP contribution in [0.1, 0.15) is 24.3 Å². The molecule has 0 aromatic carbocycles. The van der Waals surface area contributed by atoms with Crippen LogP contribution in [0.3, 0.4) is 0 Å². The van der Waals surface area contributed by atoms with Gasteiger partial charge in [0, 0.05) is 12.6 Å². The van der Waals surface area contributed by atoms with Crippen molar-refractivity contribution in [2.24, 2.45) is 0 Å². The summed E-state index contributed by atoms with van der Waals surface area (Å²) in [7, 11) is 0. The molecule has 1 aromatic heterocycles. The van der Waals surface area contributed by atoms with Gasteiger partial charge >= 0.3 is 5.97 Å². The fraction of sp³-hybridized carbons (Fsp3) is 0.500. The smallest absolute Gasteiger partial charge is 0.356 e. The van der Waals surface area contributed by atoms with Crippen molar-refractivity contribution < 1.29 is 14.6 Å². The molecule has 0 aliphatic heterocycles. The summed E-state index contributed by atoms with van der Waals surface area (Å²) in [6.45, 7) is 5.10. The standard InChI is InChI=1S/C10H15N3O3/c1-3-16-6-7(2)13-9-5-11-8(4-12-9)10(14)15/h4-5,7H,3,6H2,1-2H3,(H,12,13)(H,14,15)/t7-/m1/s1. The Hall–Kier alpha value is -1.69. The molecule has 88 valence electrons. The Morgan fingerprint density at radius 3 is 2.81 bits per heavy atom. The Morgan fingerprint density at radius 1 is 1.56 bits per heavy atom. The quantitative estimate of drug-likeness (QED) is 0.751. The third kappa shape index (κ3) is 3.82. The first-order chi connectivity index (χ1) is 7.63. The molecule has 1 rings (SSSR count). The highest BCUT2D eigenvalue weighted by atomic mass is 16.5. The first-order valence-corrected chi connectivity index (χ1v) is 5.03. The molecule has 0 unspecified atom stereocenters. The van der Waals surface area contributed by atoms with Gasteiger partial charge in [0.25, 0.3) is 0 Å². The van der Waals surface area contributed by atoms with Crippen LogP contribution in [0.4, 0.5) is 5.82 Å². The maximum Gasteiger partial charge on any atom is 0.356 e. The Kier molecular flexibility index (Phi) is 4.65. The van der Waals surface area contributed by atoms with Gasteiger partial charge in [-0.1, -0.05) is 0 Å². The lowest BCUT2D eigenvalue weighted by Gasteiger charge is -2.13. The number of nitrogens with one attached hydrogen (secondary N) is 1. The topological polar surface area (TPSA) is 84.3 Å². The van der Waals surface area contributed by atoms with Crippen LogP contribution in [-0.4, -0.2) is 40.3 Å². The molecule has 0 amide bonds. The van der Waals surface area contributed by atoms with Gasteiger partial charge < -0.3 is 15.2 Å². The van der Waals surface area contributed by atoms with E-state index in [1.165, 1.54) is 12.4 Å². The van der Waals surface area contributed by atoms with Gasteiger partial charge in [-0.15, -0.1) is 0 Å². The van der Waals surface area contributed by atoms with Crippen LogP contribution in [0.25, 0.3) is 0 Å². The number of carboxylic acid groups (broad SMARTS) is 1. The third-order valence-electron chi connectivity index (χ3n) is 1.84.